The second-order valence-electron chi connectivity index (χ2n) is 21.0. The van der Waals surface area contributed by atoms with Crippen LogP contribution < -0.4 is 0 Å². The van der Waals surface area contributed by atoms with Gasteiger partial charge in [-0.05, 0) is 11.1 Å². The number of para-hydroxylation sites is 2. The van der Waals surface area contributed by atoms with E-state index in [1.165, 1.54) is 162 Å². The number of hydrogen-bond acceptors (Lipinski definition) is 0. The predicted molar refractivity (Wildman–Crippen MR) is 339 cm³/mol. The van der Waals surface area contributed by atoms with Crippen molar-refractivity contribution in [3.05, 3.63) is 279 Å². The van der Waals surface area contributed by atoms with E-state index >= 15 is 0 Å². The fourth-order valence-electron chi connectivity index (χ4n) is 13.5. The first-order valence-electron chi connectivity index (χ1n) is 27.2. The molecule has 0 aliphatic rings. The third-order valence-corrected chi connectivity index (χ3v) is 19.4. The molecule has 0 saturated heterocycles. The summed E-state index contributed by atoms with van der Waals surface area (Å²) in [5.41, 5.74) is 17.3. The Bertz CT molecular complexity index is 5250. The number of rotatable bonds is 6. The third kappa shape index (κ3) is 6.58. The molecular formula is C76H46N2Se. The summed E-state index contributed by atoms with van der Waals surface area (Å²) in [6.45, 7) is 0. The zero-order valence-corrected chi connectivity index (χ0v) is 44.6. The molecule has 0 bridgehead atoms. The smallest absolute Gasteiger partial charge is 0.0544 e. The molecule has 0 saturated carbocycles. The maximum atomic E-state index is 2.54. The van der Waals surface area contributed by atoms with Gasteiger partial charge in [0, 0.05) is 0 Å². The Morgan fingerprint density at radius 3 is 1.06 bits per heavy atom. The van der Waals surface area contributed by atoms with E-state index in [9.17, 15) is 0 Å². The van der Waals surface area contributed by atoms with Crippen LogP contribution in [0.15, 0.2) is 279 Å². The van der Waals surface area contributed by atoms with Crippen molar-refractivity contribution in [1.29, 1.82) is 0 Å². The van der Waals surface area contributed by atoms with Crippen molar-refractivity contribution in [2.45, 2.75) is 0 Å². The van der Waals surface area contributed by atoms with Gasteiger partial charge >= 0.3 is 387 Å². The van der Waals surface area contributed by atoms with Crippen LogP contribution in [-0.2, 0) is 0 Å². The van der Waals surface area contributed by atoms with Crippen LogP contribution in [0.2, 0.25) is 0 Å². The molecule has 17 rings (SSSR count). The van der Waals surface area contributed by atoms with Gasteiger partial charge in [0.1, 0.15) is 0 Å². The zero-order valence-electron chi connectivity index (χ0n) is 42.9. The minimum absolute atomic E-state index is 0.0782. The molecule has 0 atom stereocenters. The third-order valence-electron chi connectivity index (χ3n) is 16.9. The zero-order chi connectivity index (χ0) is 51.7. The van der Waals surface area contributed by atoms with Gasteiger partial charge in [0.05, 0.1) is 0 Å². The van der Waals surface area contributed by atoms with Crippen LogP contribution >= 0.6 is 0 Å². The number of hydrogen-bond donors (Lipinski definition) is 0. The summed E-state index contributed by atoms with van der Waals surface area (Å²) in [4.78, 5) is 0. The maximum Gasteiger partial charge on any atom is -0.0544 e. The Morgan fingerprint density at radius 1 is 0.215 bits per heavy atom. The van der Waals surface area contributed by atoms with Gasteiger partial charge in [0.15, 0.2) is 0 Å². The van der Waals surface area contributed by atoms with E-state index in [1.54, 1.807) is 0 Å². The quantitative estimate of drug-likeness (QED) is 0.116. The van der Waals surface area contributed by atoms with E-state index in [-0.39, 0.29) is 14.5 Å². The van der Waals surface area contributed by atoms with E-state index < -0.39 is 0 Å². The molecule has 79 heavy (non-hydrogen) atoms. The van der Waals surface area contributed by atoms with Crippen molar-refractivity contribution in [3.63, 3.8) is 0 Å². The summed E-state index contributed by atoms with van der Waals surface area (Å²) in [7, 11) is 0. The Hall–Kier alpha value is -9.76. The molecule has 366 valence electrons. The summed E-state index contributed by atoms with van der Waals surface area (Å²) in [5.74, 6) is 0. The molecule has 0 radical (unpaired) electrons. The molecule has 0 unspecified atom stereocenters. The van der Waals surface area contributed by atoms with Gasteiger partial charge in [-0.25, -0.2) is 0 Å². The fourth-order valence-corrected chi connectivity index (χ4v) is 16.0. The standard InChI is InChI=1S/C76H46N2Se/c1-3-20-47(21-4-1)49-38-41-69-64(44-49)52-24-15-17-36-67(52)77(69)74-58-30-11-7-26-54(58)72(55-27-8-12-31-59(55)74)51-40-43-71-66(46-51)62-34-19-35-63(76(62)79-71)73-56-28-9-13-32-60(56)75(61-33-14-10-29-57(61)73)78-68-37-18-16-25-53(68)65-45-50(39-42-70(65)78)48-22-5-2-6-23-48/h1-46H. The van der Waals surface area contributed by atoms with Crippen LogP contribution in [0.4, 0.5) is 0 Å². The van der Waals surface area contributed by atoms with Crippen LogP contribution in [0.1, 0.15) is 0 Å². The first-order valence-corrected chi connectivity index (χ1v) is 29.0. The number of benzene rings is 14. The fraction of sp³-hybridized carbons (Fsp3) is 0. The molecule has 0 aliphatic heterocycles. The van der Waals surface area contributed by atoms with Crippen molar-refractivity contribution in [1.82, 2.24) is 9.13 Å². The van der Waals surface area contributed by atoms with E-state index in [0.717, 1.165) is 0 Å². The largest absolute Gasteiger partial charge is 0.0617 e. The minimum atomic E-state index is 0.0782. The SMILES string of the molecule is c1ccc(-c2ccc3c(c2)c2ccccc2n3-c2c3ccccc3c(-c3ccc4[se]c5c(-c6c7ccccc7c(-n7c8ccccc8c8cc(-c9ccccc9)ccc87)c7ccccc67)cccc5c4c3)c3ccccc23)cc1. The molecule has 0 fully saturated rings. The summed E-state index contributed by atoms with van der Waals surface area (Å²) in [6.07, 6.45) is 0. The summed E-state index contributed by atoms with van der Waals surface area (Å²) in [6, 6.07) is 104. The molecule has 2 nitrogen and oxygen atoms in total. The van der Waals surface area contributed by atoms with Gasteiger partial charge in [-0.3, -0.25) is 0 Å². The Labute approximate surface area is 461 Å². The van der Waals surface area contributed by atoms with Gasteiger partial charge in [-0.15, -0.1) is 0 Å². The van der Waals surface area contributed by atoms with E-state index in [1.807, 2.05) is 0 Å². The molecule has 3 heterocycles. The van der Waals surface area contributed by atoms with Crippen LogP contribution in [0.3, 0.4) is 0 Å². The summed E-state index contributed by atoms with van der Waals surface area (Å²) < 4.78 is 7.94. The van der Waals surface area contributed by atoms with Crippen molar-refractivity contribution in [2.24, 2.45) is 0 Å². The molecule has 14 aromatic carbocycles. The molecular weight excluding hydrogens is 1020 g/mol. The average Bonchev–Trinajstić information content (AvgIpc) is 4.21. The Kier molecular flexibility index (Phi) is 9.76. The van der Waals surface area contributed by atoms with Crippen molar-refractivity contribution >= 4 is 120 Å². The van der Waals surface area contributed by atoms with Gasteiger partial charge in [-0.1, -0.05) is 66.7 Å². The molecule has 3 aromatic heterocycles. The van der Waals surface area contributed by atoms with Crippen molar-refractivity contribution in [2.75, 3.05) is 0 Å². The van der Waals surface area contributed by atoms with Crippen LogP contribution in [0.25, 0.3) is 162 Å². The number of fused-ring (bicyclic) bond motifs is 13. The molecule has 0 aliphatic carbocycles. The first-order chi connectivity index (χ1) is 39.2. The van der Waals surface area contributed by atoms with Gasteiger partial charge in [0.2, 0.25) is 0 Å². The van der Waals surface area contributed by atoms with Crippen molar-refractivity contribution in [3.8, 4) is 55.9 Å². The van der Waals surface area contributed by atoms with Gasteiger partial charge in [-0.2, -0.15) is 0 Å². The second-order valence-corrected chi connectivity index (χ2v) is 23.2. The van der Waals surface area contributed by atoms with Crippen LogP contribution in [0.5, 0.6) is 0 Å². The summed E-state index contributed by atoms with van der Waals surface area (Å²) >= 11 is 0.0782. The Balaban J connectivity index is 0.865. The predicted octanol–water partition coefficient (Wildman–Crippen LogP) is 20.5. The topological polar surface area (TPSA) is 9.86 Å². The maximum absolute atomic E-state index is 2.54. The average molecular weight is 1070 g/mol. The van der Waals surface area contributed by atoms with Crippen molar-refractivity contribution < 1.29 is 0 Å². The molecule has 0 amide bonds. The van der Waals surface area contributed by atoms with Gasteiger partial charge in [0.25, 0.3) is 0 Å². The minimum Gasteiger partial charge on any atom is -0.0617 e. The molecule has 0 spiro atoms. The first kappa shape index (κ1) is 44.4. The van der Waals surface area contributed by atoms with E-state index in [0.29, 0.717) is 0 Å². The Morgan fingerprint density at radius 2 is 0.582 bits per heavy atom. The monoisotopic (exact) mass is 1070 g/mol. The van der Waals surface area contributed by atoms with Crippen LogP contribution in [0, 0.1) is 0 Å². The molecule has 3 heteroatoms. The molecule has 0 N–H and O–H groups in total. The second kappa shape index (κ2) is 17.4. The van der Waals surface area contributed by atoms with E-state index in [4.69, 9.17) is 0 Å². The van der Waals surface area contributed by atoms with Crippen LogP contribution in [-0.4, -0.2) is 23.6 Å². The number of aromatic nitrogens is 2. The number of nitrogens with zero attached hydrogens (tertiary/aromatic N) is 2. The van der Waals surface area contributed by atoms with Gasteiger partial charge < -0.3 is 0 Å². The molecule has 17 aromatic rings. The normalized spacial score (nSPS) is 12.1. The summed E-state index contributed by atoms with van der Waals surface area (Å²) in [5, 5.41) is 17.7. The van der Waals surface area contributed by atoms with E-state index in [2.05, 4.69) is 288 Å².